The molecule has 0 bridgehead atoms. The Morgan fingerprint density at radius 2 is 1.91 bits per heavy atom. The minimum absolute atomic E-state index is 0.221. The van der Waals surface area contributed by atoms with Crippen molar-refractivity contribution in [3.05, 3.63) is 47.1 Å². The van der Waals surface area contributed by atoms with Crippen LogP contribution in [0.25, 0.3) is 0 Å². The summed E-state index contributed by atoms with van der Waals surface area (Å²) in [6, 6.07) is 10.1. The molecule has 0 saturated carbocycles. The number of rotatable bonds is 6. The van der Waals surface area contributed by atoms with E-state index in [9.17, 15) is 0 Å². The Morgan fingerprint density at radius 1 is 1.23 bits per heavy atom. The summed E-state index contributed by atoms with van der Waals surface area (Å²) in [5.74, 6) is 1.63. The molecule has 0 aliphatic heterocycles. The van der Waals surface area contributed by atoms with Crippen LogP contribution in [0.5, 0.6) is 0 Å². The Labute approximate surface area is 131 Å². The van der Waals surface area contributed by atoms with Crippen molar-refractivity contribution in [1.29, 1.82) is 5.26 Å². The smallest absolute Gasteiger partial charge is 0.229 e. The van der Waals surface area contributed by atoms with Gasteiger partial charge in [-0.1, -0.05) is 38.1 Å². The van der Waals surface area contributed by atoms with E-state index in [1.54, 1.807) is 0 Å². The lowest BCUT2D eigenvalue weighted by Crippen LogP contribution is -2.27. The second kappa shape index (κ2) is 7.19. The van der Waals surface area contributed by atoms with Crippen LogP contribution >= 0.6 is 0 Å². The van der Waals surface area contributed by atoms with Crippen molar-refractivity contribution in [2.24, 2.45) is 0 Å². The van der Waals surface area contributed by atoms with Crippen LogP contribution in [-0.2, 0) is 6.54 Å². The molecule has 0 saturated heterocycles. The van der Waals surface area contributed by atoms with E-state index < -0.39 is 0 Å². The maximum Gasteiger partial charge on any atom is 0.229 e. The van der Waals surface area contributed by atoms with Gasteiger partial charge in [0.2, 0.25) is 5.89 Å². The van der Waals surface area contributed by atoms with Crippen LogP contribution in [-0.4, -0.2) is 21.6 Å². The molecule has 2 aromatic rings. The van der Waals surface area contributed by atoms with Crippen molar-refractivity contribution in [2.45, 2.75) is 46.2 Å². The van der Waals surface area contributed by atoms with Crippen LogP contribution in [0.2, 0.25) is 0 Å². The van der Waals surface area contributed by atoms with E-state index in [1.807, 2.05) is 38.1 Å². The Morgan fingerprint density at radius 3 is 2.41 bits per heavy atom. The highest BCUT2D eigenvalue weighted by Gasteiger charge is 2.18. The lowest BCUT2D eigenvalue weighted by Gasteiger charge is -2.26. The summed E-state index contributed by atoms with van der Waals surface area (Å²) in [5.41, 5.74) is 1.85. The molecule has 1 heterocycles. The molecular weight excluding hydrogens is 276 g/mol. The van der Waals surface area contributed by atoms with Crippen molar-refractivity contribution in [3.63, 3.8) is 0 Å². The van der Waals surface area contributed by atoms with Gasteiger partial charge in [-0.05, 0) is 31.2 Å². The standard InChI is InChI=1S/C17H22N4O/c1-5-21(11-16-19-17(12(2)3)22-20-16)13(4)15-8-6-14(10-18)7-9-15/h6-9,12-13H,5,11H2,1-4H3/t13-/m0/s1. The highest BCUT2D eigenvalue weighted by molar-refractivity contribution is 5.32. The van der Waals surface area contributed by atoms with Crippen LogP contribution in [0.15, 0.2) is 28.8 Å². The van der Waals surface area contributed by atoms with Gasteiger partial charge in [-0.2, -0.15) is 10.2 Å². The average Bonchev–Trinajstić information content (AvgIpc) is 3.01. The fourth-order valence-electron chi connectivity index (χ4n) is 2.32. The van der Waals surface area contributed by atoms with Gasteiger partial charge in [0.25, 0.3) is 0 Å². The van der Waals surface area contributed by atoms with E-state index in [0.717, 1.165) is 6.54 Å². The zero-order valence-corrected chi connectivity index (χ0v) is 13.6. The van der Waals surface area contributed by atoms with Gasteiger partial charge in [0.15, 0.2) is 5.82 Å². The van der Waals surface area contributed by atoms with Gasteiger partial charge >= 0.3 is 0 Å². The molecule has 1 atom stereocenters. The number of hydrogen-bond donors (Lipinski definition) is 0. The average molecular weight is 298 g/mol. The molecule has 2 rings (SSSR count). The highest BCUT2D eigenvalue weighted by Crippen LogP contribution is 2.22. The summed E-state index contributed by atoms with van der Waals surface area (Å²) in [6.07, 6.45) is 0. The summed E-state index contributed by atoms with van der Waals surface area (Å²) in [4.78, 5) is 6.71. The number of nitriles is 1. The zero-order chi connectivity index (χ0) is 16.1. The Balaban J connectivity index is 2.10. The second-order valence-corrected chi connectivity index (χ2v) is 5.68. The minimum Gasteiger partial charge on any atom is -0.339 e. The van der Waals surface area contributed by atoms with E-state index >= 15 is 0 Å². The first-order valence-electron chi connectivity index (χ1n) is 7.61. The quantitative estimate of drug-likeness (QED) is 0.814. The lowest BCUT2D eigenvalue weighted by atomic mass is 10.1. The van der Waals surface area contributed by atoms with Crippen molar-refractivity contribution in [1.82, 2.24) is 15.0 Å². The van der Waals surface area contributed by atoms with Crippen LogP contribution in [0.1, 0.15) is 62.5 Å². The Hall–Kier alpha value is -2.19. The fourth-order valence-corrected chi connectivity index (χ4v) is 2.32. The van der Waals surface area contributed by atoms with Gasteiger partial charge in [-0.3, -0.25) is 4.90 Å². The predicted molar refractivity (Wildman–Crippen MR) is 84.0 cm³/mol. The molecule has 116 valence electrons. The molecule has 5 heteroatoms. The summed E-state index contributed by atoms with van der Waals surface area (Å²) in [5, 5.41) is 12.9. The molecule has 0 aliphatic carbocycles. The van der Waals surface area contributed by atoms with Crippen molar-refractivity contribution in [3.8, 4) is 6.07 Å². The molecule has 1 aromatic carbocycles. The number of nitrogens with zero attached hydrogens (tertiary/aromatic N) is 4. The third kappa shape index (κ3) is 3.71. The molecule has 0 radical (unpaired) electrons. The number of aromatic nitrogens is 2. The number of hydrogen-bond acceptors (Lipinski definition) is 5. The monoisotopic (exact) mass is 298 g/mol. The lowest BCUT2D eigenvalue weighted by molar-refractivity contribution is 0.204. The first-order valence-corrected chi connectivity index (χ1v) is 7.61. The predicted octanol–water partition coefficient (Wildman–Crippen LogP) is 3.65. The summed E-state index contributed by atoms with van der Waals surface area (Å²) in [7, 11) is 0. The van der Waals surface area contributed by atoms with Crippen LogP contribution < -0.4 is 0 Å². The van der Waals surface area contributed by atoms with Crippen LogP contribution in [0.4, 0.5) is 0 Å². The molecule has 0 spiro atoms. The summed E-state index contributed by atoms with van der Waals surface area (Å²) in [6.45, 7) is 9.86. The maximum atomic E-state index is 8.88. The molecule has 0 N–H and O–H groups in total. The fraction of sp³-hybridized carbons (Fsp3) is 0.471. The van der Waals surface area contributed by atoms with Gasteiger partial charge in [-0.25, -0.2) is 0 Å². The van der Waals surface area contributed by atoms with Gasteiger partial charge in [0.05, 0.1) is 18.2 Å². The molecule has 0 amide bonds. The number of benzene rings is 1. The molecule has 0 fully saturated rings. The maximum absolute atomic E-state index is 8.88. The van der Waals surface area contributed by atoms with Gasteiger partial charge < -0.3 is 4.52 Å². The Kier molecular flexibility index (Phi) is 5.29. The topological polar surface area (TPSA) is 66.0 Å². The molecular formula is C17H22N4O. The largest absolute Gasteiger partial charge is 0.339 e. The zero-order valence-electron chi connectivity index (χ0n) is 13.6. The third-order valence-electron chi connectivity index (χ3n) is 3.80. The normalized spacial score (nSPS) is 12.6. The van der Waals surface area contributed by atoms with Gasteiger partial charge in [0, 0.05) is 12.0 Å². The highest BCUT2D eigenvalue weighted by atomic mass is 16.5. The minimum atomic E-state index is 0.221. The van der Waals surface area contributed by atoms with Crippen LogP contribution in [0, 0.1) is 11.3 Å². The Bertz CT molecular complexity index is 639. The van der Waals surface area contributed by atoms with E-state index in [-0.39, 0.29) is 12.0 Å². The molecule has 1 aromatic heterocycles. The van der Waals surface area contributed by atoms with Crippen LogP contribution in [0.3, 0.4) is 0 Å². The van der Waals surface area contributed by atoms with E-state index in [1.165, 1.54) is 5.56 Å². The van der Waals surface area contributed by atoms with E-state index in [2.05, 4.69) is 35.0 Å². The SMILES string of the molecule is CCN(Cc1noc(C(C)C)n1)[C@@H](C)c1ccc(C#N)cc1. The summed E-state index contributed by atoms with van der Waals surface area (Å²) < 4.78 is 5.26. The van der Waals surface area contributed by atoms with Crippen molar-refractivity contribution < 1.29 is 4.52 Å². The van der Waals surface area contributed by atoms with E-state index in [4.69, 9.17) is 9.78 Å². The van der Waals surface area contributed by atoms with Crippen molar-refractivity contribution in [2.75, 3.05) is 6.54 Å². The molecule has 0 aliphatic rings. The third-order valence-corrected chi connectivity index (χ3v) is 3.80. The summed E-state index contributed by atoms with van der Waals surface area (Å²) >= 11 is 0. The van der Waals surface area contributed by atoms with E-state index in [0.29, 0.717) is 23.8 Å². The first kappa shape index (κ1) is 16.2. The van der Waals surface area contributed by atoms with Gasteiger partial charge in [-0.15, -0.1) is 0 Å². The molecule has 22 heavy (non-hydrogen) atoms. The first-order chi connectivity index (χ1) is 10.5. The van der Waals surface area contributed by atoms with Crippen molar-refractivity contribution >= 4 is 0 Å². The van der Waals surface area contributed by atoms with Gasteiger partial charge in [0.1, 0.15) is 0 Å². The second-order valence-electron chi connectivity index (χ2n) is 5.68. The molecule has 5 nitrogen and oxygen atoms in total. The molecule has 0 unspecified atom stereocenters.